The van der Waals surface area contributed by atoms with E-state index in [0.717, 1.165) is 31.6 Å². The molecule has 0 aromatic heterocycles. The highest BCUT2D eigenvalue weighted by Gasteiger charge is 2.52. The second-order valence-electron chi connectivity index (χ2n) is 10.5. The molecular formula is C30H38O3. The van der Waals surface area contributed by atoms with Gasteiger partial charge in [-0.05, 0) is 85.6 Å². The van der Waals surface area contributed by atoms with Crippen molar-refractivity contribution in [2.24, 2.45) is 5.41 Å². The molecule has 0 amide bonds. The molecule has 33 heavy (non-hydrogen) atoms. The Labute approximate surface area is 199 Å². The molecule has 2 aromatic rings. The van der Waals surface area contributed by atoms with Crippen LogP contribution in [0.4, 0.5) is 0 Å². The normalized spacial score (nSPS) is 28.3. The summed E-state index contributed by atoms with van der Waals surface area (Å²) in [5.74, 6) is 0.981. The highest BCUT2D eigenvalue weighted by molar-refractivity contribution is 5.52. The van der Waals surface area contributed by atoms with E-state index in [4.69, 9.17) is 14.2 Å². The minimum absolute atomic E-state index is 0.158. The monoisotopic (exact) mass is 446 g/mol. The van der Waals surface area contributed by atoms with Gasteiger partial charge in [-0.15, -0.1) is 0 Å². The van der Waals surface area contributed by atoms with Gasteiger partial charge in [0.25, 0.3) is 0 Å². The van der Waals surface area contributed by atoms with Crippen LogP contribution < -0.4 is 4.74 Å². The predicted octanol–water partition coefficient (Wildman–Crippen LogP) is 6.78. The van der Waals surface area contributed by atoms with Crippen molar-refractivity contribution in [2.75, 3.05) is 20.8 Å². The highest BCUT2D eigenvalue weighted by Crippen LogP contribution is 2.62. The van der Waals surface area contributed by atoms with Gasteiger partial charge in [-0.25, -0.2) is 0 Å². The Morgan fingerprint density at radius 1 is 0.970 bits per heavy atom. The lowest BCUT2D eigenvalue weighted by atomic mass is 9.55. The average Bonchev–Trinajstić information content (AvgIpc) is 3.23. The van der Waals surface area contributed by atoms with Gasteiger partial charge in [0.05, 0.1) is 19.8 Å². The molecule has 3 atom stereocenters. The summed E-state index contributed by atoms with van der Waals surface area (Å²) in [5, 5.41) is 0. The van der Waals surface area contributed by atoms with Gasteiger partial charge < -0.3 is 14.2 Å². The van der Waals surface area contributed by atoms with Gasteiger partial charge in [-0.2, -0.15) is 0 Å². The number of benzene rings is 2. The van der Waals surface area contributed by atoms with Crippen molar-refractivity contribution < 1.29 is 14.2 Å². The summed E-state index contributed by atoms with van der Waals surface area (Å²) >= 11 is 0. The van der Waals surface area contributed by atoms with Crippen LogP contribution in [0.15, 0.2) is 59.7 Å². The van der Waals surface area contributed by atoms with E-state index in [1.807, 2.05) is 7.11 Å². The summed E-state index contributed by atoms with van der Waals surface area (Å²) in [6.07, 6.45) is 9.75. The number of ether oxygens (including phenoxy) is 3. The van der Waals surface area contributed by atoms with Crippen molar-refractivity contribution in [2.45, 2.75) is 76.4 Å². The zero-order valence-corrected chi connectivity index (χ0v) is 20.5. The number of aryl methyl sites for hydroxylation is 1. The maximum atomic E-state index is 6.04. The third-order valence-corrected chi connectivity index (χ3v) is 8.76. The lowest BCUT2D eigenvalue weighted by Gasteiger charge is -2.49. The van der Waals surface area contributed by atoms with Crippen molar-refractivity contribution in [3.63, 3.8) is 0 Å². The van der Waals surface area contributed by atoms with E-state index in [1.54, 1.807) is 18.3 Å². The molecule has 2 aromatic carbocycles. The van der Waals surface area contributed by atoms with Crippen molar-refractivity contribution in [1.29, 1.82) is 0 Å². The fraction of sp³-hybridized carbons (Fsp3) is 0.533. The summed E-state index contributed by atoms with van der Waals surface area (Å²) < 4.78 is 17.5. The molecule has 0 aliphatic heterocycles. The fourth-order valence-electron chi connectivity index (χ4n) is 6.99. The minimum Gasteiger partial charge on any atom is -0.497 e. The van der Waals surface area contributed by atoms with Gasteiger partial charge in [-0.3, -0.25) is 0 Å². The first-order chi connectivity index (χ1) is 16.1. The fourth-order valence-corrected chi connectivity index (χ4v) is 6.99. The van der Waals surface area contributed by atoms with Crippen molar-refractivity contribution in [3.05, 3.63) is 76.4 Å². The molecule has 0 radical (unpaired) electrons. The van der Waals surface area contributed by atoms with Crippen LogP contribution in [0.2, 0.25) is 0 Å². The summed E-state index contributed by atoms with van der Waals surface area (Å²) in [4.78, 5) is 0. The SMILES string of the molecule is COc1ccc2c(c1)CCC1=C3C[C@H](OC)CC3(CCCOCc3ccccc3)CC[C@]12C. The molecule has 0 heterocycles. The van der Waals surface area contributed by atoms with Crippen molar-refractivity contribution >= 4 is 0 Å². The first kappa shape index (κ1) is 22.7. The Morgan fingerprint density at radius 3 is 2.61 bits per heavy atom. The van der Waals surface area contributed by atoms with E-state index in [2.05, 4.69) is 55.5 Å². The minimum atomic E-state index is 0.158. The highest BCUT2D eigenvalue weighted by atomic mass is 16.5. The molecule has 1 fully saturated rings. The van der Waals surface area contributed by atoms with E-state index < -0.39 is 0 Å². The molecule has 0 bridgehead atoms. The number of methoxy groups -OCH3 is 2. The lowest BCUT2D eigenvalue weighted by Crippen LogP contribution is -2.39. The van der Waals surface area contributed by atoms with E-state index in [1.165, 1.54) is 48.8 Å². The summed E-state index contributed by atoms with van der Waals surface area (Å²) in [5.41, 5.74) is 8.16. The van der Waals surface area contributed by atoms with Crippen LogP contribution in [0, 0.1) is 5.41 Å². The van der Waals surface area contributed by atoms with E-state index >= 15 is 0 Å². The summed E-state index contributed by atoms with van der Waals surface area (Å²) in [7, 11) is 3.66. The summed E-state index contributed by atoms with van der Waals surface area (Å²) in [6.45, 7) is 4.03. The van der Waals surface area contributed by atoms with Gasteiger partial charge in [0, 0.05) is 19.1 Å². The zero-order chi connectivity index (χ0) is 22.9. The van der Waals surface area contributed by atoms with Gasteiger partial charge in [0.1, 0.15) is 5.75 Å². The Hall–Kier alpha value is -2.10. The predicted molar refractivity (Wildman–Crippen MR) is 133 cm³/mol. The van der Waals surface area contributed by atoms with Crippen molar-refractivity contribution in [1.82, 2.24) is 0 Å². The van der Waals surface area contributed by atoms with Crippen LogP contribution in [0.3, 0.4) is 0 Å². The number of allylic oxidation sites excluding steroid dienone is 1. The molecule has 3 aliphatic rings. The molecule has 3 heteroatoms. The molecule has 3 nitrogen and oxygen atoms in total. The maximum absolute atomic E-state index is 6.04. The number of hydrogen-bond acceptors (Lipinski definition) is 3. The number of rotatable bonds is 8. The van der Waals surface area contributed by atoms with Crippen LogP contribution in [0.1, 0.15) is 68.6 Å². The summed E-state index contributed by atoms with van der Waals surface area (Å²) in [6, 6.07) is 17.2. The molecule has 5 rings (SSSR count). The number of hydrogen-bond donors (Lipinski definition) is 0. The standard InChI is InChI=1S/C30H38O3/c1-29-15-16-30(14-7-17-33-21-22-8-5-4-6-9-22)20-25(32-3)19-28(30)27(29)12-10-23-18-24(31-2)11-13-26(23)29/h4-6,8-9,11,13,18,25H,7,10,12,14-17,19-21H2,1-3H3/t25-,29-,30?/m0/s1. The largest absolute Gasteiger partial charge is 0.497 e. The first-order valence-corrected chi connectivity index (χ1v) is 12.6. The molecule has 0 saturated heterocycles. The zero-order valence-electron chi connectivity index (χ0n) is 20.5. The Balaban J connectivity index is 1.35. The van der Waals surface area contributed by atoms with Gasteiger partial charge in [-0.1, -0.05) is 54.5 Å². The van der Waals surface area contributed by atoms with Crippen LogP contribution >= 0.6 is 0 Å². The molecule has 176 valence electrons. The Bertz CT molecular complexity index is 1010. The Morgan fingerprint density at radius 2 is 1.82 bits per heavy atom. The van der Waals surface area contributed by atoms with Gasteiger partial charge in [0.2, 0.25) is 0 Å². The molecule has 0 spiro atoms. The third kappa shape index (κ3) is 4.15. The molecular weight excluding hydrogens is 408 g/mol. The first-order valence-electron chi connectivity index (χ1n) is 12.6. The van der Waals surface area contributed by atoms with E-state index in [9.17, 15) is 0 Å². The second kappa shape index (κ2) is 9.27. The van der Waals surface area contributed by atoms with E-state index in [-0.39, 0.29) is 5.41 Å². The van der Waals surface area contributed by atoms with Crippen molar-refractivity contribution in [3.8, 4) is 5.75 Å². The Kier molecular flexibility index (Phi) is 6.37. The molecule has 3 aliphatic carbocycles. The number of fused-ring (bicyclic) bond motifs is 4. The smallest absolute Gasteiger partial charge is 0.119 e. The maximum Gasteiger partial charge on any atom is 0.119 e. The quantitative estimate of drug-likeness (QED) is 0.330. The molecule has 0 N–H and O–H groups in total. The molecule has 1 unspecified atom stereocenters. The van der Waals surface area contributed by atoms with Crippen LogP contribution in [-0.2, 0) is 27.9 Å². The second-order valence-corrected chi connectivity index (χ2v) is 10.5. The average molecular weight is 447 g/mol. The molecule has 1 saturated carbocycles. The third-order valence-electron chi connectivity index (χ3n) is 8.76. The van der Waals surface area contributed by atoms with Gasteiger partial charge in [0.15, 0.2) is 0 Å². The van der Waals surface area contributed by atoms with E-state index in [0.29, 0.717) is 18.1 Å². The van der Waals surface area contributed by atoms with Crippen LogP contribution in [0.5, 0.6) is 5.75 Å². The topological polar surface area (TPSA) is 27.7 Å². The van der Waals surface area contributed by atoms with Gasteiger partial charge >= 0.3 is 0 Å². The lowest BCUT2D eigenvalue weighted by molar-refractivity contribution is 0.0788. The van der Waals surface area contributed by atoms with Crippen LogP contribution in [-0.4, -0.2) is 26.9 Å². The van der Waals surface area contributed by atoms with Crippen LogP contribution in [0.25, 0.3) is 0 Å².